The number of aliphatic hydroxyl groups excluding tert-OH is 1. The van der Waals surface area contributed by atoms with E-state index in [1.165, 1.54) is 38.5 Å². The molecule has 190 valence electrons. The Bertz CT molecular complexity index is 604. The number of carbonyl (C=O) groups excluding carboxylic acids is 1. The van der Waals surface area contributed by atoms with Crippen molar-refractivity contribution >= 4 is 11.9 Å². The smallest absolute Gasteiger partial charge is 0.308 e. The number of carbonyl (C=O) groups is 2. The number of aliphatic carboxylic acids is 1. The molecule has 0 aliphatic rings. The SMILES string of the molecule is CCCCCCCC/C=C/C/C=C/C/C=C/CC(O)CC(=O)OC(CC(=O)O)C[N+](C)(C)C. The van der Waals surface area contributed by atoms with Crippen molar-refractivity contribution in [2.75, 3.05) is 27.7 Å². The van der Waals surface area contributed by atoms with Crippen molar-refractivity contribution in [1.82, 2.24) is 0 Å². The summed E-state index contributed by atoms with van der Waals surface area (Å²) in [5.74, 6) is -1.57. The number of aliphatic hydroxyl groups is 1. The van der Waals surface area contributed by atoms with Crippen molar-refractivity contribution < 1.29 is 29.0 Å². The van der Waals surface area contributed by atoms with Gasteiger partial charge in [0.1, 0.15) is 6.54 Å². The lowest BCUT2D eigenvalue weighted by Crippen LogP contribution is -2.44. The molecule has 2 unspecified atom stereocenters. The molecule has 0 aromatic heterocycles. The van der Waals surface area contributed by atoms with E-state index < -0.39 is 24.1 Å². The van der Waals surface area contributed by atoms with Gasteiger partial charge in [0.25, 0.3) is 0 Å². The molecule has 2 N–H and O–H groups in total. The van der Waals surface area contributed by atoms with E-state index in [0.717, 1.165) is 19.3 Å². The maximum absolute atomic E-state index is 12.1. The Kier molecular flexibility index (Phi) is 18.4. The van der Waals surface area contributed by atoms with Crippen molar-refractivity contribution in [3.63, 3.8) is 0 Å². The summed E-state index contributed by atoms with van der Waals surface area (Å²) in [4.78, 5) is 23.1. The Morgan fingerprint density at radius 1 is 0.848 bits per heavy atom. The van der Waals surface area contributed by atoms with E-state index in [0.29, 0.717) is 17.4 Å². The van der Waals surface area contributed by atoms with E-state index in [-0.39, 0.29) is 12.8 Å². The first-order chi connectivity index (χ1) is 15.6. The topological polar surface area (TPSA) is 83.8 Å². The Labute approximate surface area is 201 Å². The first kappa shape index (κ1) is 31.1. The number of hydrogen-bond donors (Lipinski definition) is 2. The van der Waals surface area contributed by atoms with Crippen molar-refractivity contribution in [1.29, 1.82) is 0 Å². The maximum Gasteiger partial charge on any atom is 0.308 e. The van der Waals surface area contributed by atoms with Crippen molar-refractivity contribution in [3.05, 3.63) is 36.5 Å². The predicted molar refractivity (Wildman–Crippen MR) is 135 cm³/mol. The van der Waals surface area contributed by atoms with Crippen LogP contribution in [-0.4, -0.2) is 66.5 Å². The van der Waals surface area contributed by atoms with Crippen molar-refractivity contribution in [2.45, 2.75) is 96.2 Å². The third-order valence-electron chi connectivity index (χ3n) is 5.03. The zero-order chi connectivity index (χ0) is 25.0. The Hall–Kier alpha value is -1.92. The molecule has 0 saturated carbocycles. The average molecular weight is 467 g/mol. The molecule has 0 aromatic rings. The molecule has 0 bridgehead atoms. The quantitative estimate of drug-likeness (QED) is 0.108. The lowest BCUT2D eigenvalue weighted by Gasteiger charge is -2.28. The van der Waals surface area contributed by atoms with Crippen LogP contribution in [0.4, 0.5) is 0 Å². The highest BCUT2D eigenvalue weighted by molar-refractivity contribution is 5.72. The molecule has 0 saturated heterocycles. The molecular weight excluding hydrogens is 418 g/mol. The van der Waals surface area contributed by atoms with Crippen LogP contribution in [0.1, 0.15) is 84.0 Å². The van der Waals surface area contributed by atoms with Gasteiger partial charge in [-0.05, 0) is 32.1 Å². The molecular formula is C27H48NO5+. The Balaban J connectivity index is 3.97. The molecule has 0 aliphatic heterocycles. The summed E-state index contributed by atoms with van der Waals surface area (Å²) < 4.78 is 5.78. The number of unbranched alkanes of at least 4 members (excludes halogenated alkanes) is 6. The molecule has 0 radical (unpaired) electrons. The van der Waals surface area contributed by atoms with E-state index in [9.17, 15) is 14.7 Å². The highest BCUT2D eigenvalue weighted by atomic mass is 16.5. The zero-order valence-corrected chi connectivity index (χ0v) is 21.4. The van der Waals surface area contributed by atoms with Gasteiger partial charge in [-0.15, -0.1) is 0 Å². The third kappa shape index (κ3) is 23.0. The van der Waals surface area contributed by atoms with Gasteiger partial charge >= 0.3 is 11.9 Å². The largest absolute Gasteiger partial charge is 0.481 e. The summed E-state index contributed by atoms with van der Waals surface area (Å²) in [7, 11) is 5.72. The van der Waals surface area contributed by atoms with Gasteiger partial charge in [-0.2, -0.15) is 0 Å². The summed E-state index contributed by atoms with van der Waals surface area (Å²) in [6, 6.07) is 0. The number of carboxylic acids is 1. The van der Waals surface area contributed by atoms with Gasteiger partial charge in [0.2, 0.25) is 0 Å². The predicted octanol–water partition coefficient (Wildman–Crippen LogP) is 5.42. The molecule has 0 rings (SSSR count). The summed E-state index contributed by atoms with van der Waals surface area (Å²) in [5, 5.41) is 19.1. The molecule has 0 heterocycles. The van der Waals surface area contributed by atoms with Gasteiger partial charge in [0.05, 0.1) is 40.1 Å². The van der Waals surface area contributed by atoms with E-state index in [4.69, 9.17) is 9.84 Å². The third-order valence-corrected chi connectivity index (χ3v) is 5.03. The van der Waals surface area contributed by atoms with Crippen molar-refractivity contribution in [2.24, 2.45) is 0 Å². The second kappa shape index (κ2) is 19.5. The van der Waals surface area contributed by atoms with Crippen LogP contribution in [0.5, 0.6) is 0 Å². The van der Waals surface area contributed by atoms with E-state index in [1.54, 1.807) is 0 Å². The fourth-order valence-corrected chi connectivity index (χ4v) is 3.41. The minimum Gasteiger partial charge on any atom is -0.481 e. The average Bonchev–Trinajstić information content (AvgIpc) is 2.68. The fourth-order valence-electron chi connectivity index (χ4n) is 3.41. The van der Waals surface area contributed by atoms with Gasteiger partial charge in [-0.1, -0.05) is 75.5 Å². The minimum atomic E-state index is -1.01. The van der Waals surface area contributed by atoms with Crippen LogP contribution in [-0.2, 0) is 14.3 Å². The number of esters is 1. The molecule has 33 heavy (non-hydrogen) atoms. The van der Waals surface area contributed by atoms with Crippen LogP contribution in [0.3, 0.4) is 0 Å². The molecule has 0 amide bonds. The second-order valence-corrected chi connectivity index (χ2v) is 9.72. The summed E-state index contributed by atoms with van der Waals surface area (Å²) in [6.07, 6.45) is 21.8. The molecule has 0 aliphatic carbocycles. The number of carboxylic acid groups (broad SMARTS) is 1. The van der Waals surface area contributed by atoms with Crippen LogP contribution < -0.4 is 0 Å². The van der Waals surface area contributed by atoms with Gasteiger partial charge in [0, 0.05) is 0 Å². The fraction of sp³-hybridized carbons (Fsp3) is 0.704. The summed E-state index contributed by atoms with van der Waals surface area (Å²) in [5.41, 5.74) is 0. The first-order valence-corrected chi connectivity index (χ1v) is 12.5. The summed E-state index contributed by atoms with van der Waals surface area (Å²) >= 11 is 0. The van der Waals surface area contributed by atoms with Crippen LogP contribution in [0.2, 0.25) is 0 Å². The van der Waals surface area contributed by atoms with Crippen LogP contribution in [0.15, 0.2) is 36.5 Å². The molecule has 0 fully saturated rings. The number of rotatable bonds is 20. The standard InChI is InChI=1S/C27H47NO5/c1-5-6-7-8-9-10-11-12-13-14-15-16-17-18-19-20-24(29)21-27(32)33-25(22-26(30)31)23-28(2,3)4/h12-13,15-16,18-19,24-25,29H,5-11,14,17,20-23H2,1-4H3/p+1/b13-12+,16-15+,19-18+. The Morgan fingerprint density at radius 2 is 1.42 bits per heavy atom. The van der Waals surface area contributed by atoms with E-state index >= 15 is 0 Å². The van der Waals surface area contributed by atoms with Gasteiger partial charge in [-0.25, -0.2) is 0 Å². The highest BCUT2D eigenvalue weighted by Gasteiger charge is 2.25. The maximum atomic E-state index is 12.1. The van der Waals surface area contributed by atoms with Gasteiger partial charge in [-0.3, -0.25) is 9.59 Å². The van der Waals surface area contributed by atoms with Gasteiger partial charge < -0.3 is 19.4 Å². The minimum absolute atomic E-state index is 0.142. The Morgan fingerprint density at radius 3 is 2.03 bits per heavy atom. The zero-order valence-electron chi connectivity index (χ0n) is 21.4. The lowest BCUT2D eigenvalue weighted by atomic mass is 10.1. The second-order valence-electron chi connectivity index (χ2n) is 9.72. The molecule has 0 spiro atoms. The number of allylic oxidation sites excluding steroid dienone is 5. The number of ether oxygens (including phenoxy) is 1. The molecule has 6 nitrogen and oxygen atoms in total. The van der Waals surface area contributed by atoms with Crippen molar-refractivity contribution in [3.8, 4) is 0 Å². The molecule has 2 atom stereocenters. The summed E-state index contributed by atoms with van der Waals surface area (Å²) in [6.45, 7) is 2.64. The number of nitrogens with zero attached hydrogens (tertiary/aromatic N) is 1. The lowest BCUT2D eigenvalue weighted by molar-refractivity contribution is -0.873. The molecule has 6 heteroatoms. The number of likely N-dealkylation sites (N-methyl/N-ethyl adjacent to an activating group) is 1. The van der Waals surface area contributed by atoms with Gasteiger partial charge in [0.15, 0.2) is 6.10 Å². The normalized spacial score (nSPS) is 14.3. The monoisotopic (exact) mass is 466 g/mol. The highest BCUT2D eigenvalue weighted by Crippen LogP contribution is 2.10. The molecule has 0 aromatic carbocycles. The van der Waals surface area contributed by atoms with Crippen LogP contribution in [0.25, 0.3) is 0 Å². The van der Waals surface area contributed by atoms with E-state index in [2.05, 4.69) is 31.2 Å². The number of quaternary nitrogens is 1. The van der Waals surface area contributed by atoms with E-state index in [1.807, 2.05) is 33.3 Å². The van der Waals surface area contributed by atoms with Crippen LogP contribution in [0, 0.1) is 0 Å². The first-order valence-electron chi connectivity index (χ1n) is 12.5. The van der Waals surface area contributed by atoms with Crippen LogP contribution >= 0.6 is 0 Å². The number of hydrogen-bond acceptors (Lipinski definition) is 4.